The lowest BCUT2D eigenvalue weighted by Crippen LogP contribution is -2.52. The monoisotopic (exact) mass is 273 g/mol. The summed E-state index contributed by atoms with van der Waals surface area (Å²) < 4.78 is 76.3. The van der Waals surface area contributed by atoms with Crippen LogP contribution in [0.4, 0.5) is 32.0 Å². The fraction of sp³-hybridized carbons (Fsp3) is 0.400. The first-order valence-electron chi connectivity index (χ1n) is 4.63. The van der Waals surface area contributed by atoms with Crippen LogP contribution in [-0.4, -0.2) is 17.4 Å². The van der Waals surface area contributed by atoms with Crippen LogP contribution in [0.15, 0.2) is 18.2 Å². The molecule has 3 N–H and O–H groups in total. The van der Waals surface area contributed by atoms with Crippen molar-refractivity contribution in [3.63, 3.8) is 0 Å². The zero-order valence-corrected chi connectivity index (χ0v) is 9.02. The lowest BCUT2D eigenvalue weighted by molar-refractivity contribution is -0.375. The zero-order chi connectivity index (χ0) is 14.4. The minimum atomic E-state index is -5.98. The molecule has 0 aromatic heterocycles. The Balaban J connectivity index is 3.51. The largest absolute Gasteiger partial charge is 0.435 e. The van der Waals surface area contributed by atoms with Crippen LogP contribution in [0.2, 0.25) is 0 Å². The summed E-state index contributed by atoms with van der Waals surface area (Å²) in [6, 6.07) is 1.84. The molecule has 0 saturated carbocycles. The van der Waals surface area contributed by atoms with Gasteiger partial charge in [-0.15, -0.1) is 0 Å². The van der Waals surface area contributed by atoms with Crippen molar-refractivity contribution in [1.82, 2.24) is 0 Å². The minimum absolute atomic E-state index is 0.0111. The van der Waals surface area contributed by atoms with Gasteiger partial charge in [0.05, 0.1) is 0 Å². The predicted octanol–water partition coefficient (Wildman–Crippen LogP) is 2.89. The summed E-state index contributed by atoms with van der Waals surface area (Å²) in [6.07, 6.45) is -11.6. The first-order chi connectivity index (χ1) is 7.91. The second kappa shape index (κ2) is 4.04. The Morgan fingerprint density at radius 3 is 1.89 bits per heavy atom. The summed E-state index contributed by atoms with van der Waals surface area (Å²) in [5, 5.41) is 8.23. The Morgan fingerprint density at radius 1 is 1.06 bits per heavy atom. The normalized spacial score (nSPS) is 16.4. The third-order valence-corrected chi connectivity index (χ3v) is 2.47. The lowest BCUT2D eigenvalue weighted by Gasteiger charge is -2.31. The van der Waals surface area contributed by atoms with Crippen molar-refractivity contribution >= 4 is 5.69 Å². The van der Waals surface area contributed by atoms with E-state index < -0.39 is 23.5 Å². The number of alkyl halides is 6. The van der Waals surface area contributed by atoms with Gasteiger partial charge in [0, 0.05) is 11.3 Å². The molecule has 0 saturated heterocycles. The van der Waals surface area contributed by atoms with E-state index in [1.807, 2.05) is 0 Å². The van der Waals surface area contributed by atoms with Gasteiger partial charge in [-0.3, -0.25) is 0 Å². The fourth-order valence-corrected chi connectivity index (χ4v) is 1.40. The van der Waals surface area contributed by atoms with E-state index in [1.54, 1.807) is 0 Å². The van der Waals surface area contributed by atoms with E-state index in [1.165, 1.54) is 6.92 Å². The van der Waals surface area contributed by atoms with Crippen LogP contribution in [0, 0.1) is 6.92 Å². The molecule has 0 aliphatic heterocycles. The number of halogens is 6. The minimum Gasteiger partial charge on any atom is -0.399 e. The van der Waals surface area contributed by atoms with E-state index in [9.17, 15) is 26.3 Å². The van der Waals surface area contributed by atoms with Crippen LogP contribution in [0.3, 0.4) is 0 Å². The van der Waals surface area contributed by atoms with Crippen molar-refractivity contribution in [3.8, 4) is 0 Å². The molecule has 0 bridgehead atoms. The molecule has 0 fully saturated rings. The lowest BCUT2D eigenvalue weighted by atomic mass is 9.92. The van der Waals surface area contributed by atoms with Gasteiger partial charge in [-0.2, -0.15) is 22.0 Å². The average Bonchev–Trinajstić information content (AvgIpc) is 2.17. The van der Waals surface area contributed by atoms with Crippen LogP contribution in [0.5, 0.6) is 0 Å². The molecule has 0 aliphatic carbocycles. The summed E-state index contributed by atoms with van der Waals surface area (Å²) in [5.41, 5.74) is -1.29. The molecule has 1 aromatic rings. The average molecular weight is 273 g/mol. The van der Waals surface area contributed by atoms with E-state index in [-0.39, 0.29) is 11.3 Å². The van der Waals surface area contributed by atoms with Crippen molar-refractivity contribution in [1.29, 1.82) is 0 Å². The molecule has 0 spiro atoms. The maximum Gasteiger partial charge on any atom is 0.435 e. The molecule has 0 aliphatic rings. The number of nitrogens with two attached hydrogens (primary N) is 1. The molecule has 0 amide bonds. The molecular formula is C10H9F6NO. The van der Waals surface area contributed by atoms with Crippen LogP contribution in [0.25, 0.3) is 0 Å². The quantitative estimate of drug-likeness (QED) is 0.643. The second-order valence-corrected chi connectivity index (χ2v) is 3.77. The molecule has 1 rings (SSSR count). The Hall–Kier alpha value is -1.44. The van der Waals surface area contributed by atoms with Crippen LogP contribution in [0.1, 0.15) is 11.1 Å². The van der Waals surface area contributed by atoms with Crippen molar-refractivity contribution in [2.75, 3.05) is 5.73 Å². The Morgan fingerprint density at radius 2 is 1.56 bits per heavy atom. The Labute approximate surface area is 98.0 Å². The van der Waals surface area contributed by atoms with Gasteiger partial charge in [0.2, 0.25) is 0 Å². The molecule has 0 radical (unpaired) electrons. The number of nitrogen functional groups attached to an aromatic ring is 1. The first kappa shape index (κ1) is 14.6. The molecule has 18 heavy (non-hydrogen) atoms. The van der Waals surface area contributed by atoms with E-state index in [0.29, 0.717) is 12.1 Å². The topological polar surface area (TPSA) is 46.2 Å². The highest BCUT2D eigenvalue weighted by Crippen LogP contribution is 2.51. The van der Waals surface area contributed by atoms with Crippen molar-refractivity contribution in [2.24, 2.45) is 0 Å². The molecular weight excluding hydrogens is 264 g/mol. The summed E-state index contributed by atoms with van der Waals surface area (Å²) in [5.74, 6) is 0. The molecule has 2 nitrogen and oxygen atoms in total. The highest BCUT2D eigenvalue weighted by molar-refractivity contribution is 5.49. The van der Waals surface area contributed by atoms with Crippen LogP contribution in [-0.2, 0) is 5.67 Å². The summed E-state index contributed by atoms with van der Waals surface area (Å²) in [7, 11) is 0. The molecule has 1 aromatic carbocycles. The number of benzene rings is 1. The van der Waals surface area contributed by atoms with Gasteiger partial charge < -0.3 is 10.8 Å². The van der Waals surface area contributed by atoms with Crippen molar-refractivity contribution < 1.29 is 31.4 Å². The smallest absolute Gasteiger partial charge is 0.399 e. The van der Waals surface area contributed by atoms with Gasteiger partial charge in [0.1, 0.15) is 0 Å². The Bertz CT molecular complexity index is 437. The van der Waals surface area contributed by atoms with Crippen LogP contribution < -0.4 is 5.73 Å². The molecule has 8 heteroatoms. The van der Waals surface area contributed by atoms with E-state index in [0.717, 1.165) is 6.07 Å². The van der Waals surface area contributed by atoms with E-state index >= 15 is 0 Å². The van der Waals surface area contributed by atoms with E-state index in [4.69, 9.17) is 10.8 Å². The number of aliphatic hydroxyl groups is 1. The number of hydrogen-bond donors (Lipinski definition) is 2. The summed E-state index contributed by atoms with van der Waals surface area (Å²) in [4.78, 5) is 0. The van der Waals surface area contributed by atoms with Gasteiger partial charge in [0.15, 0.2) is 0 Å². The molecule has 0 unspecified atom stereocenters. The molecule has 1 atom stereocenters. The zero-order valence-electron chi connectivity index (χ0n) is 9.02. The predicted molar refractivity (Wildman–Crippen MR) is 51.6 cm³/mol. The maximum absolute atomic E-state index is 13.7. The third kappa shape index (κ3) is 2.12. The standard InChI is InChI=1S/C10H9F6NO/c1-5-4-6(2-3-7(5)17)8(11,9(12,13)14)10(15,16)18/h2-4,18H,17H2,1H3/t8-/m0/s1. The summed E-state index contributed by atoms with van der Waals surface area (Å²) in [6.45, 7) is 1.23. The first-order valence-corrected chi connectivity index (χ1v) is 4.63. The number of anilines is 1. The molecule has 102 valence electrons. The SMILES string of the molecule is Cc1cc([C@@](F)(C(O)(F)F)C(F)(F)F)ccc1N. The van der Waals surface area contributed by atoms with Gasteiger partial charge in [-0.25, -0.2) is 4.39 Å². The molecule has 0 heterocycles. The summed E-state index contributed by atoms with van der Waals surface area (Å²) >= 11 is 0. The highest BCUT2D eigenvalue weighted by atomic mass is 19.4. The van der Waals surface area contributed by atoms with E-state index in [2.05, 4.69) is 0 Å². The van der Waals surface area contributed by atoms with Crippen molar-refractivity contribution in [2.45, 2.75) is 24.9 Å². The number of rotatable bonds is 2. The Kier molecular flexibility index (Phi) is 3.28. The van der Waals surface area contributed by atoms with Gasteiger partial charge in [-0.05, 0) is 18.6 Å². The number of aryl methyl sites for hydroxylation is 1. The maximum atomic E-state index is 13.7. The third-order valence-electron chi connectivity index (χ3n) is 2.47. The van der Waals surface area contributed by atoms with Crippen molar-refractivity contribution in [3.05, 3.63) is 29.3 Å². The van der Waals surface area contributed by atoms with Gasteiger partial charge in [-0.1, -0.05) is 12.1 Å². The highest BCUT2D eigenvalue weighted by Gasteiger charge is 2.72. The van der Waals surface area contributed by atoms with Gasteiger partial charge >= 0.3 is 18.0 Å². The fourth-order valence-electron chi connectivity index (χ4n) is 1.40. The van der Waals surface area contributed by atoms with Crippen LogP contribution >= 0.6 is 0 Å². The van der Waals surface area contributed by atoms with Gasteiger partial charge in [0.25, 0.3) is 0 Å². The second-order valence-electron chi connectivity index (χ2n) is 3.77. The number of hydrogen-bond acceptors (Lipinski definition) is 2.